The molecule has 0 heterocycles. The molecule has 8 atom stereocenters. The number of carbonyl (C=O) groups excluding carboxylic acids is 2. The molecule has 0 aliphatic heterocycles. The largest absolute Gasteiger partial charge is 0.458 e. The molecule has 3 saturated carbocycles. The lowest BCUT2D eigenvalue weighted by atomic mass is 9.42. The fourth-order valence-corrected chi connectivity index (χ4v) is 8.15. The number of ether oxygens (including phenoxy) is 1. The van der Waals surface area contributed by atoms with E-state index in [1.54, 1.807) is 6.92 Å². The third kappa shape index (κ3) is 3.46. The second kappa shape index (κ2) is 8.41. The van der Waals surface area contributed by atoms with Crippen molar-refractivity contribution in [2.45, 2.75) is 115 Å². The molecular weight excluding hydrogens is 468 g/mol. The Kier molecular flexibility index (Phi) is 6.45. The monoisotopic (exact) mass is 508 g/mol. The molecule has 0 bridgehead atoms. The summed E-state index contributed by atoms with van der Waals surface area (Å²) in [5, 5.41) is 36.5. The highest BCUT2D eigenvalue weighted by Crippen LogP contribution is 2.71. The highest BCUT2D eigenvalue weighted by molar-refractivity contribution is 6.20. The number of hydrogen-bond acceptors (Lipinski definition) is 6. The van der Waals surface area contributed by atoms with E-state index in [0.29, 0.717) is 0 Å². The van der Waals surface area contributed by atoms with E-state index in [2.05, 4.69) is 6.92 Å². The highest BCUT2D eigenvalue weighted by Gasteiger charge is 2.81. The maximum atomic E-state index is 13.0. The summed E-state index contributed by atoms with van der Waals surface area (Å²) in [6.07, 6.45) is 5.24. The first-order valence-electron chi connectivity index (χ1n) is 13.0. The summed E-state index contributed by atoms with van der Waals surface area (Å²) in [5.41, 5.74) is -5.31. The van der Waals surface area contributed by atoms with Gasteiger partial charge in [-0.25, -0.2) is 4.79 Å². The number of esters is 1. The zero-order valence-electron chi connectivity index (χ0n) is 21.9. The SMILES string of the molecule is CC(=O)[C@]1(O)CC[C@@]2(O)[C@]1(C)[C@H](OC(=O)/C=C(\C)C(C)C)C[C@@H]1[C@@]3(C)CC[C@H](Cl)CC3=CC[C@]12O. The molecule has 0 radical (unpaired) electrons. The lowest BCUT2D eigenvalue weighted by Gasteiger charge is -2.67. The van der Waals surface area contributed by atoms with Gasteiger partial charge in [0.15, 0.2) is 5.78 Å². The van der Waals surface area contributed by atoms with Gasteiger partial charge in [0.05, 0.1) is 5.41 Å². The molecule has 0 aromatic heterocycles. The second-order valence-electron chi connectivity index (χ2n) is 12.4. The number of alkyl halides is 1. The molecule has 6 nitrogen and oxygen atoms in total. The van der Waals surface area contributed by atoms with Crippen molar-refractivity contribution < 1.29 is 29.6 Å². The van der Waals surface area contributed by atoms with Gasteiger partial charge in [-0.15, -0.1) is 11.6 Å². The Morgan fingerprint density at radius 2 is 1.80 bits per heavy atom. The Hall–Kier alpha value is -1.21. The minimum atomic E-state index is -1.93. The van der Waals surface area contributed by atoms with Crippen molar-refractivity contribution in [1.29, 1.82) is 0 Å². The molecule has 35 heavy (non-hydrogen) atoms. The molecule has 0 saturated heterocycles. The first-order chi connectivity index (χ1) is 16.1. The van der Waals surface area contributed by atoms with Crippen LogP contribution in [-0.4, -0.2) is 55.4 Å². The van der Waals surface area contributed by atoms with E-state index in [9.17, 15) is 24.9 Å². The van der Waals surface area contributed by atoms with Gasteiger partial charge in [0.1, 0.15) is 22.9 Å². The van der Waals surface area contributed by atoms with Gasteiger partial charge < -0.3 is 20.1 Å². The van der Waals surface area contributed by atoms with Crippen molar-refractivity contribution in [3.05, 3.63) is 23.3 Å². The highest BCUT2D eigenvalue weighted by atomic mass is 35.5. The summed E-state index contributed by atoms with van der Waals surface area (Å²) < 4.78 is 6.04. The normalized spacial score (nSPS) is 47.5. The fraction of sp³-hybridized carbons (Fsp3) is 0.786. The van der Waals surface area contributed by atoms with Crippen molar-refractivity contribution >= 4 is 23.4 Å². The van der Waals surface area contributed by atoms with Gasteiger partial charge in [0.2, 0.25) is 0 Å². The molecule has 196 valence electrons. The maximum Gasteiger partial charge on any atom is 0.330 e. The Labute approximate surface area is 213 Å². The lowest BCUT2D eigenvalue weighted by molar-refractivity contribution is -0.313. The second-order valence-corrected chi connectivity index (χ2v) is 13.0. The third-order valence-electron chi connectivity index (χ3n) is 10.6. The van der Waals surface area contributed by atoms with Gasteiger partial charge in [0, 0.05) is 17.4 Å². The van der Waals surface area contributed by atoms with Crippen molar-refractivity contribution in [2.24, 2.45) is 22.7 Å². The molecule has 0 amide bonds. The third-order valence-corrected chi connectivity index (χ3v) is 11.0. The molecule has 4 aliphatic rings. The van der Waals surface area contributed by atoms with E-state index < -0.39 is 51.4 Å². The quantitative estimate of drug-likeness (QED) is 0.227. The summed E-state index contributed by atoms with van der Waals surface area (Å²) in [4.78, 5) is 25.9. The van der Waals surface area contributed by atoms with Crippen LogP contribution in [0.25, 0.3) is 0 Å². The molecule has 3 N–H and O–H groups in total. The van der Waals surface area contributed by atoms with E-state index in [1.807, 2.05) is 26.8 Å². The molecule has 0 unspecified atom stereocenters. The molecule has 0 spiro atoms. The number of halogens is 1. The number of aliphatic hydroxyl groups is 3. The summed E-state index contributed by atoms with van der Waals surface area (Å²) in [5.74, 6) is -1.31. The minimum absolute atomic E-state index is 0.00366. The molecule has 3 fully saturated rings. The standard InChI is InChI=1S/C28H41ClO6/c1-16(2)17(3)13-23(31)35-22-15-21-24(5)9-8-20(29)14-19(24)7-10-27(21,33)28(34)12-11-26(32,18(4)30)25(22,28)6/h7,13,16,20-22,32-34H,8-12,14-15H2,1-6H3/b17-13+/t20-,21+,22+,24-,25+,26+,27-,28+/m0/s1. The zero-order valence-corrected chi connectivity index (χ0v) is 22.6. The van der Waals surface area contributed by atoms with E-state index in [4.69, 9.17) is 16.3 Å². The summed E-state index contributed by atoms with van der Waals surface area (Å²) >= 11 is 6.49. The first kappa shape index (κ1) is 26.8. The van der Waals surface area contributed by atoms with Gasteiger partial charge in [0.25, 0.3) is 0 Å². The summed E-state index contributed by atoms with van der Waals surface area (Å²) in [6.45, 7) is 10.8. The number of Topliss-reactive ketones (excluding diaryl/α,β-unsaturated/α-hetero) is 1. The van der Waals surface area contributed by atoms with Gasteiger partial charge in [-0.3, -0.25) is 4.79 Å². The minimum Gasteiger partial charge on any atom is -0.458 e. The van der Waals surface area contributed by atoms with E-state index >= 15 is 0 Å². The smallest absolute Gasteiger partial charge is 0.330 e. The van der Waals surface area contributed by atoms with Crippen LogP contribution in [0.1, 0.15) is 86.5 Å². The number of fused-ring (bicyclic) bond motifs is 5. The van der Waals surface area contributed by atoms with Crippen LogP contribution < -0.4 is 0 Å². The van der Waals surface area contributed by atoms with Gasteiger partial charge in [-0.1, -0.05) is 38.0 Å². The van der Waals surface area contributed by atoms with Crippen molar-refractivity contribution in [1.82, 2.24) is 0 Å². The predicted octanol–water partition coefficient (Wildman–Crippen LogP) is 4.23. The van der Waals surface area contributed by atoms with Crippen molar-refractivity contribution in [3.8, 4) is 0 Å². The Morgan fingerprint density at radius 3 is 2.40 bits per heavy atom. The summed E-state index contributed by atoms with van der Waals surface area (Å²) in [6, 6.07) is 0. The maximum absolute atomic E-state index is 13.0. The number of hydrogen-bond donors (Lipinski definition) is 3. The molecule has 0 aromatic carbocycles. The van der Waals surface area contributed by atoms with E-state index in [1.165, 1.54) is 18.6 Å². The molecule has 4 aliphatic carbocycles. The fourth-order valence-electron chi connectivity index (χ4n) is 7.87. The van der Waals surface area contributed by atoms with Crippen LogP contribution in [0.3, 0.4) is 0 Å². The summed E-state index contributed by atoms with van der Waals surface area (Å²) in [7, 11) is 0. The average Bonchev–Trinajstić information content (AvgIpc) is 3.00. The Balaban J connectivity index is 1.85. The van der Waals surface area contributed by atoms with Gasteiger partial charge in [-0.05, 0) is 77.0 Å². The Morgan fingerprint density at radius 1 is 1.14 bits per heavy atom. The van der Waals surface area contributed by atoms with Gasteiger partial charge in [-0.2, -0.15) is 0 Å². The molecule has 0 aromatic rings. The zero-order chi connectivity index (χ0) is 26.2. The van der Waals surface area contributed by atoms with Crippen LogP contribution in [-0.2, 0) is 14.3 Å². The lowest BCUT2D eigenvalue weighted by Crippen LogP contribution is -2.78. The van der Waals surface area contributed by atoms with Crippen LogP contribution in [0, 0.1) is 22.7 Å². The predicted molar refractivity (Wildman–Crippen MR) is 134 cm³/mol. The molecule has 4 rings (SSSR count). The van der Waals surface area contributed by atoms with Crippen LogP contribution in [0.4, 0.5) is 0 Å². The first-order valence-corrected chi connectivity index (χ1v) is 13.4. The topological polar surface area (TPSA) is 104 Å². The van der Waals surface area contributed by atoms with Crippen LogP contribution >= 0.6 is 11.6 Å². The van der Waals surface area contributed by atoms with Crippen molar-refractivity contribution in [3.63, 3.8) is 0 Å². The number of ketones is 1. The molecule has 7 heteroatoms. The van der Waals surface area contributed by atoms with E-state index in [-0.39, 0.29) is 37.0 Å². The Bertz CT molecular complexity index is 988. The van der Waals surface area contributed by atoms with Crippen LogP contribution in [0.5, 0.6) is 0 Å². The number of rotatable bonds is 4. The van der Waals surface area contributed by atoms with E-state index in [0.717, 1.165) is 24.8 Å². The number of carbonyl (C=O) groups is 2. The van der Waals surface area contributed by atoms with Crippen LogP contribution in [0.15, 0.2) is 23.3 Å². The van der Waals surface area contributed by atoms with Crippen LogP contribution in [0.2, 0.25) is 0 Å². The number of allylic oxidation sites excluding steroid dienone is 2. The molecular formula is C28H41ClO6. The van der Waals surface area contributed by atoms with Crippen molar-refractivity contribution in [2.75, 3.05) is 0 Å². The average molecular weight is 509 g/mol. The van der Waals surface area contributed by atoms with Gasteiger partial charge >= 0.3 is 5.97 Å².